The van der Waals surface area contributed by atoms with Crippen molar-refractivity contribution in [3.63, 3.8) is 0 Å². The summed E-state index contributed by atoms with van der Waals surface area (Å²) in [6.07, 6.45) is 5.36. The summed E-state index contributed by atoms with van der Waals surface area (Å²) in [6.45, 7) is 22.1. The van der Waals surface area contributed by atoms with Gasteiger partial charge in [0, 0.05) is 125 Å². The van der Waals surface area contributed by atoms with Gasteiger partial charge in [0.1, 0.15) is 29.4 Å². The second kappa shape index (κ2) is 27.3. The number of nitrogens with one attached hydrogen (secondary N) is 2. The van der Waals surface area contributed by atoms with Crippen LogP contribution in [-0.2, 0) is 17.8 Å². The van der Waals surface area contributed by atoms with Crippen molar-refractivity contribution in [2.75, 3.05) is 116 Å². The average Bonchev–Trinajstić information content (AvgIpc) is 4.34. The van der Waals surface area contributed by atoms with Crippen molar-refractivity contribution in [3.8, 4) is 40.1 Å². The van der Waals surface area contributed by atoms with E-state index in [2.05, 4.69) is 76.5 Å². The van der Waals surface area contributed by atoms with E-state index in [0.29, 0.717) is 85.6 Å². The van der Waals surface area contributed by atoms with Crippen LogP contribution in [0.4, 0.5) is 16.6 Å². The predicted octanol–water partition coefficient (Wildman–Crippen LogP) is 6.40. The smallest absolute Gasteiger partial charge is 0.409 e. The second-order valence-corrected chi connectivity index (χ2v) is 24.5. The molecule has 25 heteroatoms. The zero-order chi connectivity index (χ0) is 57.9. The van der Waals surface area contributed by atoms with E-state index >= 15 is 0 Å². The number of nitrogens with two attached hydrogens (primary N) is 1. The number of fused-ring (bicyclic) bond motifs is 3. The Morgan fingerprint density at radius 1 is 0.878 bits per heavy atom. The van der Waals surface area contributed by atoms with Gasteiger partial charge in [-0.05, 0) is 94.0 Å². The highest BCUT2D eigenvalue weighted by Crippen LogP contribution is 2.41. The van der Waals surface area contributed by atoms with E-state index in [4.69, 9.17) is 24.9 Å². The molecule has 3 amide bonds. The lowest BCUT2D eigenvalue weighted by Crippen LogP contribution is -2.49. The zero-order valence-corrected chi connectivity index (χ0v) is 49.2. The van der Waals surface area contributed by atoms with Crippen LogP contribution in [0.15, 0.2) is 65.9 Å². The number of aromatic nitrogens is 7. The summed E-state index contributed by atoms with van der Waals surface area (Å²) >= 11 is 0. The van der Waals surface area contributed by atoms with Gasteiger partial charge in [-0.2, -0.15) is 4.99 Å². The molecule has 0 bridgehead atoms. The van der Waals surface area contributed by atoms with Gasteiger partial charge >= 0.3 is 6.09 Å². The van der Waals surface area contributed by atoms with Crippen LogP contribution in [0.1, 0.15) is 91.9 Å². The van der Waals surface area contributed by atoms with Crippen molar-refractivity contribution in [1.82, 2.24) is 59.2 Å². The molecule has 0 atom stereocenters. The number of methoxy groups -OCH3 is 1. The third-order valence-corrected chi connectivity index (χ3v) is 18.1. The fourth-order valence-electron chi connectivity index (χ4n) is 10.3. The van der Waals surface area contributed by atoms with Crippen LogP contribution in [0, 0.1) is 0 Å². The minimum absolute atomic E-state index is 0.00251. The van der Waals surface area contributed by atoms with Gasteiger partial charge in [0.25, 0.3) is 11.8 Å². The number of hydrogen-bond donors (Lipinski definition) is 5. The number of rotatable bonds is 23. The number of phenols is 2. The van der Waals surface area contributed by atoms with E-state index in [9.17, 15) is 24.6 Å². The first-order chi connectivity index (χ1) is 39.6. The molecule has 3 aromatic carbocycles. The van der Waals surface area contributed by atoms with Crippen molar-refractivity contribution < 1.29 is 38.8 Å². The summed E-state index contributed by atoms with van der Waals surface area (Å²) in [5, 5.41) is 37.0. The van der Waals surface area contributed by atoms with Gasteiger partial charge in [0.2, 0.25) is 17.4 Å². The molecular formula is C57H75N15O8S2. The molecule has 0 radical (unpaired) electrons. The number of nitrogen functional groups attached to an aromatic ring is 1. The lowest BCUT2D eigenvalue weighted by molar-refractivity contribution is 0.0787. The second-order valence-electron chi connectivity index (χ2n) is 21.4. The number of piperazine rings is 2. The maximum absolute atomic E-state index is 13.1. The lowest BCUT2D eigenvalue weighted by Gasteiger charge is -2.35. The van der Waals surface area contributed by atoms with Crippen LogP contribution in [0.3, 0.4) is 0 Å². The van der Waals surface area contributed by atoms with Gasteiger partial charge in [-0.3, -0.25) is 28.5 Å². The molecule has 0 spiro atoms. The Hall–Kier alpha value is -7.19. The van der Waals surface area contributed by atoms with Gasteiger partial charge in [0.05, 0.1) is 24.8 Å². The summed E-state index contributed by atoms with van der Waals surface area (Å²) in [5.74, 6) is 1.90. The van der Waals surface area contributed by atoms with Crippen molar-refractivity contribution >= 4 is 62.2 Å². The number of anilines is 2. The van der Waals surface area contributed by atoms with Crippen molar-refractivity contribution in [2.45, 2.75) is 77.6 Å². The molecule has 2 saturated heterocycles. The molecule has 0 unspecified atom stereocenters. The van der Waals surface area contributed by atoms with Gasteiger partial charge < -0.3 is 50.6 Å². The van der Waals surface area contributed by atoms with Crippen LogP contribution in [0.25, 0.3) is 28.0 Å². The Balaban J connectivity index is 0.645. The highest BCUT2D eigenvalue weighted by molar-refractivity contribution is 8.77. The van der Waals surface area contributed by atoms with E-state index in [1.807, 2.05) is 60.4 Å². The Kier molecular flexibility index (Phi) is 19.8. The number of amides is 3. The first-order valence-corrected chi connectivity index (χ1v) is 30.3. The Bertz CT molecular complexity index is 3270. The van der Waals surface area contributed by atoms with E-state index in [0.717, 1.165) is 101 Å². The normalized spacial score (nSPS) is 15.5. The van der Waals surface area contributed by atoms with Gasteiger partial charge in [0.15, 0.2) is 17.3 Å². The van der Waals surface area contributed by atoms with Crippen LogP contribution in [-0.4, -0.2) is 191 Å². The number of hydrogen-bond acceptors (Lipinski definition) is 20. The fraction of sp³-hybridized carbons (Fsp3) is 0.491. The molecule has 438 valence electrons. The summed E-state index contributed by atoms with van der Waals surface area (Å²) in [6, 6.07) is 14.9. The fourth-order valence-corrected chi connectivity index (χ4v) is 12.7. The predicted molar refractivity (Wildman–Crippen MR) is 318 cm³/mol. The number of ether oxygens (including phenoxy) is 3. The highest BCUT2D eigenvalue weighted by atomic mass is 33.1. The van der Waals surface area contributed by atoms with E-state index in [-0.39, 0.29) is 57.1 Å². The Morgan fingerprint density at radius 2 is 1.59 bits per heavy atom. The standard InChI is InChI=1S/C57H75N15O8S2/c1-7-59-53(76)51-66-65-50(43-32-42(37(2)3)44(73)33-45(43)74)72(51)40-12-10-38(11-13-40)36-69-23-21-67(22-24-69)18-8-16-57(4,5)82-81-31-30-80-56(77)70-27-25-68(26-28-70)19-9-29-79-46-15-14-41-47(48(46)78-6)63-55(71-20-17-60-49(41)71)64-52(75)39-34-61-54(58)62-35-39/h10-15,32-35,37,60,73-74H,7-9,16-31,36H2,1-6H3,(H,59,76)(H2,58,61,62). The maximum Gasteiger partial charge on any atom is 0.409 e. The van der Waals surface area contributed by atoms with Crippen LogP contribution >= 0.6 is 21.6 Å². The first-order valence-electron chi connectivity index (χ1n) is 28.0. The Labute approximate surface area is 485 Å². The van der Waals surface area contributed by atoms with Crippen LogP contribution in [0.2, 0.25) is 0 Å². The third-order valence-electron chi connectivity index (χ3n) is 14.7. The SMILES string of the molecule is CCNC(=O)c1nnc(-c2cc(C(C)C)c(O)cc2O)n1-c1ccc(CN2CCN(CCCC(C)(C)SSCCOC(=O)N3CCN(CCCOc4ccc5c6n(c(=NC(=O)c7cnc(N)nc7)nc5c4OC)CCN6)CC3)CC2)cc1. The van der Waals surface area contributed by atoms with Gasteiger partial charge in [-0.25, -0.2) is 19.7 Å². The Morgan fingerprint density at radius 3 is 2.29 bits per heavy atom. The monoisotopic (exact) mass is 1160 g/mol. The number of aromatic hydroxyl groups is 2. The minimum Gasteiger partial charge on any atom is -0.508 e. The average molecular weight is 1160 g/mol. The molecule has 0 saturated carbocycles. The summed E-state index contributed by atoms with van der Waals surface area (Å²) in [4.78, 5) is 65.2. The maximum atomic E-state index is 13.1. The molecule has 3 aromatic heterocycles. The van der Waals surface area contributed by atoms with Crippen LogP contribution in [0.5, 0.6) is 23.0 Å². The van der Waals surface area contributed by atoms with E-state index in [1.54, 1.807) is 33.4 Å². The summed E-state index contributed by atoms with van der Waals surface area (Å²) < 4.78 is 21.4. The number of benzene rings is 3. The molecule has 0 aliphatic carbocycles. The number of carbonyl (C=O) groups excluding carboxylic acids is 3. The molecule has 9 rings (SSSR count). The van der Waals surface area contributed by atoms with E-state index in [1.165, 1.54) is 18.5 Å². The molecular weight excluding hydrogens is 1090 g/mol. The molecule has 6 N–H and O–H groups in total. The number of phenolic OH excluding ortho intramolecular Hbond substituents is 2. The molecule has 6 heterocycles. The van der Waals surface area contributed by atoms with Crippen molar-refractivity contribution in [1.29, 1.82) is 0 Å². The zero-order valence-electron chi connectivity index (χ0n) is 47.6. The molecule has 3 aliphatic heterocycles. The van der Waals surface area contributed by atoms with Gasteiger partial charge in [-0.15, -0.1) is 10.2 Å². The first kappa shape index (κ1) is 59.4. The summed E-state index contributed by atoms with van der Waals surface area (Å²) in [7, 11) is 5.19. The quantitative estimate of drug-likeness (QED) is 0.0343. The lowest BCUT2D eigenvalue weighted by atomic mass is 9.98. The molecule has 82 heavy (non-hydrogen) atoms. The topological polar surface area (TPSA) is 269 Å². The highest BCUT2D eigenvalue weighted by Gasteiger charge is 2.28. The number of nitrogens with zero attached hydrogens (tertiary/aromatic N) is 12. The molecule has 3 aliphatic rings. The minimum atomic E-state index is -0.538. The van der Waals surface area contributed by atoms with Crippen LogP contribution < -0.4 is 31.5 Å². The van der Waals surface area contributed by atoms with Gasteiger partial charge in [-0.1, -0.05) is 47.6 Å². The molecule has 6 aromatic rings. The summed E-state index contributed by atoms with van der Waals surface area (Å²) in [5.41, 5.74) is 9.41. The largest absolute Gasteiger partial charge is 0.508 e. The molecule has 23 nitrogen and oxygen atoms in total. The molecule has 2 fully saturated rings. The third kappa shape index (κ3) is 14.5. The van der Waals surface area contributed by atoms with E-state index < -0.39 is 5.91 Å². The number of carbonyl (C=O) groups is 3. The van der Waals surface area contributed by atoms with Crippen molar-refractivity contribution in [3.05, 3.63) is 89.1 Å². The van der Waals surface area contributed by atoms with Crippen molar-refractivity contribution in [2.24, 2.45) is 4.99 Å².